The number of rotatable bonds is 6. The minimum absolute atomic E-state index is 0.00189. The molecule has 150 valence electrons. The molecule has 1 heterocycles. The molecule has 0 spiro atoms. The third-order valence-corrected chi connectivity index (χ3v) is 4.86. The van der Waals surface area contributed by atoms with Gasteiger partial charge in [0.2, 0.25) is 0 Å². The Morgan fingerprint density at radius 3 is 2.57 bits per heavy atom. The molecular formula is C21H15N3O5S. The van der Waals surface area contributed by atoms with Crippen molar-refractivity contribution in [2.75, 3.05) is 7.11 Å². The van der Waals surface area contributed by atoms with E-state index in [9.17, 15) is 20.2 Å². The summed E-state index contributed by atoms with van der Waals surface area (Å²) in [4.78, 5) is 26.0. The van der Waals surface area contributed by atoms with Gasteiger partial charge in [0, 0.05) is 30.0 Å². The Labute approximate surface area is 175 Å². The van der Waals surface area contributed by atoms with Gasteiger partial charge in [0.15, 0.2) is 11.5 Å². The first-order valence-electron chi connectivity index (χ1n) is 8.60. The lowest BCUT2D eigenvalue weighted by molar-refractivity contribution is -0.384. The lowest BCUT2D eigenvalue weighted by Gasteiger charge is -2.08. The lowest BCUT2D eigenvalue weighted by atomic mass is 10.1. The summed E-state index contributed by atoms with van der Waals surface area (Å²) in [7, 11) is 1.46. The molecule has 9 heteroatoms. The van der Waals surface area contributed by atoms with Crippen molar-refractivity contribution in [2.24, 2.45) is 0 Å². The summed E-state index contributed by atoms with van der Waals surface area (Å²) in [5.74, 6) is 0.188. The Hall–Kier alpha value is -4.03. The van der Waals surface area contributed by atoms with Gasteiger partial charge in [-0.3, -0.25) is 14.9 Å². The predicted octanol–water partition coefficient (Wildman–Crippen LogP) is 4.72. The Morgan fingerprint density at radius 1 is 1.23 bits per heavy atom. The van der Waals surface area contributed by atoms with Crippen LogP contribution in [0.2, 0.25) is 0 Å². The van der Waals surface area contributed by atoms with Crippen molar-refractivity contribution in [3.63, 3.8) is 0 Å². The summed E-state index contributed by atoms with van der Waals surface area (Å²) in [6.45, 7) is 1.30. The molecule has 0 aliphatic heterocycles. The van der Waals surface area contributed by atoms with E-state index >= 15 is 0 Å². The van der Waals surface area contributed by atoms with Gasteiger partial charge in [0.25, 0.3) is 5.69 Å². The predicted molar refractivity (Wildman–Crippen MR) is 112 cm³/mol. The average molecular weight is 421 g/mol. The summed E-state index contributed by atoms with van der Waals surface area (Å²) in [5, 5.41) is 22.7. The highest BCUT2D eigenvalue weighted by atomic mass is 32.1. The first-order valence-corrected chi connectivity index (χ1v) is 9.48. The van der Waals surface area contributed by atoms with Crippen molar-refractivity contribution < 1.29 is 19.2 Å². The number of hydrogen-bond donors (Lipinski definition) is 0. The van der Waals surface area contributed by atoms with Crippen LogP contribution >= 0.6 is 11.3 Å². The number of hydrogen-bond acceptors (Lipinski definition) is 8. The van der Waals surface area contributed by atoms with Crippen LogP contribution in [0, 0.1) is 21.4 Å². The Balaban J connectivity index is 1.89. The molecule has 3 rings (SSSR count). The molecule has 1 aromatic heterocycles. The highest BCUT2D eigenvalue weighted by Gasteiger charge is 2.12. The molecule has 0 bridgehead atoms. The second-order valence-electron chi connectivity index (χ2n) is 6.02. The van der Waals surface area contributed by atoms with E-state index in [1.807, 2.05) is 0 Å². The molecule has 0 aliphatic rings. The Morgan fingerprint density at radius 2 is 1.97 bits per heavy atom. The molecule has 0 saturated heterocycles. The van der Waals surface area contributed by atoms with Gasteiger partial charge in [-0.15, -0.1) is 11.3 Å². The second-order valence-corrected chi connectivity index (χ2v) is 6.87. The van der Waals surface area contributed by atoms with Gasteiger partial charge >= 0.3 is 5.97 Å². The fourth-order valence-corrected chi connectivity index (χ4v) is 3.40. The number of non-ortho nitro benzene ring substituents is 1. The summed E-state index contributed by atoms with van der Waals surface area (Å²) in [5.41, 5.74) is 2.35. The number of nitro benzene ring substituents is 1. The van der Waals surface area contributed by atoms with Crippen LogP contribution in [-0.2, 0) is 4.79 Å². The summed E-state index contributed by atoms with van der Waals surface area (Å²) >= 11 is 1.29. The van der Waals surface area contributed by atoms with Crippen LogP contribution in [0.4, 0.5) is 5.69 Å². The molecule has 0 radical (unpaired) electrons. The van der Waals surface area contributed by atoms with Crippen LogP contribution in [0.3, 0.4) is 0 Å². The molecule has 0 fully saturated rings. The van der Waals surface area contributed by atoms with E-state index in [2.05, 4.69) is 11.1 Å². The smallest absolute Gasteiger partial charge is 0.308 e. The average Bonchev–Trinajstić information content (AvgIpc) is 3.22. The largest absolute Gasteiger partial charge is 0.493 e. The Bertz CT molecular complexity index is 1180. The van der Waals surface area contributed by atoms with Gasteiger partial charge in [0.1, 0.15) is 11.1 Å². The van der Waals surface area contributed by atoms with E-state index in [1.54, 1.807) is 41.8 Å². The minimum Gasteiger partial charge on any atom is -0.493 e. The van der Waals surface area contributed by atoms with E-state index in [4.69, 9.17) is 9.47 Å². The van der Waals surface area contributed by atoms with Gasteiger partial charge in [-0.1, -0.05) is 6.07 Å². The van der Waals surface area contributed by atoms with Crippen molar-refractivity contribution in [3.05, 3.63) is 68.5 Å². The SMILES string of the molecule is COc1cc(/C=C(\C#N)c2nc(-c3ccc([N+](=O)[O-])cc3)cs2)ccc1OC(C)=O. The van der Waals surface area contributed by atoms with E-state index in [0.717, 1.165) is 0 Å². The zero-order valence-electron chi connectivity index (χ0n) is 16.0. The number of nitrogens with zero attached hydrogens (tertiary/aromatic N) is 3. The molecule has 0 N–H and O–H groups in total. The summed E-state index contributed by atoms with van der Waals surface area (Å²) in [6, 6.07) is 13.1. The van der Waals surface area contributed by atoms with Crippen LogP contribution in [0.15, 0.2) is 47.8 Å². The monoisotopic (exact) mass is 421 g/mol. The van der Waals surface area contributed by atoms with Crippen LogP contribution in [0.25, 0.3) is 22.9 Å². The number of allylic oxidation sites excluding steroid dienone is 1. The number of benzene rings is 2. The molecule has 0 amide bonds. The second kappa shape index (κ2) is 8.98. The quantitative estimate of drug-likeness (QED) is 0.186. The molecule has 0 saturated carbocycles. The maximum absolute atomic E-state index is 11.2. The molecule has 0 atom stereocenters. The number of nitriles is 1. The van der Waals surface area contributed by atoms with Crippen LogP contribution < -0.4 is 9.47 Å². The third-order valence-electron chi connectivity index (χ3n) is 3.98. The summed E-state index contributed by atoms with van der Waals surface area (Å²) in [6.07, 6.45) is 1.65. The van der Waals surface area contributed by atoms with Crippen LogP contribution in [0.5, 0.6) is 11.5 Å². The molecule has 30 heavy (non-hydrogen) atoms. The highest BCUT2D eigenvalue weighted by Crippen LogP contribution is 2.31. The number of aromatic nitrogens is 1. The lowest BCUT2D eigenvalue weighted by Crippen LogP contribution is -2.03. The van der Waals surface area contributed by atoms with Crippen molar-refractivity contribution in [3.8, 4) is 28.8 Å². The van der Waals surface area contributed by atoms with Gasteiger partial charge < -0.3 is 9.47 Å². The minimum atomic E-state index is -0.465. The van der Waals surface area contributed by atoms with Crippen molar-refractivity contribution in [1.29, 1.82) is 5.26 Å². The van der Waals surface area contributed by atoms with E-state index in [1.165, 1.54) is 37.5 Å². The van der Waals surface area contributed by atoms with E-state index in [-0.39, 0.29) is 11.4 Å². The fourth-order valence-electron chi connectivity index (χ4n) is 2.61. The number of nitro groups is 1. The third kappa shape index (κ3) is 4.68. The van der Waals surface area contributed by atoms with E-state index < -0.39 is 10.9 Å². The molecule has 0 aliphatic carbocycles. The number of carbonyl (C=O) groups is 1. The van der Waals surface area contributed by atoms with Gasteiger partial charge in [-0.05, 0) is 35.9 Å². The van der Waals surface area contributed by atoms with Crippen molar-refractivity contribution in [2.45, 2.75) is 6.92 Å². The van der Waals surface area contributed by atoms with Gasteiger partial charge in [0.05, 0.1) is 23.3 Å². The maximum atomic E-state index is 11.2. The number of esters is 1. The molecule has 3 aromatic rings. The molecule has 2 aromatic carbocycles. The zero-order chi connectivity index (χ0) is 21.7. The number of methoxy groups -OCH3 is 1. The number of ether oxygens (including phenoxy) is 2. The normalized spacial score (nSPS) is 10.9. The van der Waals surface area contributed by atoms with E-state index in [0.29, 0.717) is 33.2 Å². The maximum Gasteiger partial charge on any atom is 0.308 e. The zero-order valence-corrected chi connectivity index (χ0v) is 16.8. The standard InChI is InChI=1S/C21H15N3O5S/c1-13(25)29-19-8-3-14(10-20(19)28-2)9-16(11-22)21-23-18(12-30-21)15-4-6-17(7-5-15)24(26)27/h3-10,12H,1-2H3/b16-9+. The molecule has 8 nitrogen and oxygen atoms in total. The summed E-state index contributed by atoms with van der Waals surface area (Å²) < 4.78 is 10.3. The van der Waals surface area contributed by atoms with Crippen molar-refractivity contribution in [1.82, 2.24) is 4.98 Å². The fraction of sp³-hybridized carbons (Fsp3) is 0.0952. The van der Waals surface area contributed by atoms with Gasteiger partial charge in [-0.25, -0.2) is 4.98 Å². The molecular weight excluding hydrogens is 406 g/mol. The van der Waals surface area contributed by atoms with Crippen LogP contribution in [0.1, 0.15) is 17.5 Å². The number of carbonyl (C=O) groups excluding carboxylic acids is 1. The highest BCUT2D eigenvalue weighted by molar-refractivity contribution is 7.11. The Kier molecular flexibility index (Phi) is 6.20. The van der Waals surface area contributed by atoms with Crippen molar-refractivity contribution >= 4 is 34.6 Å². The topological polar surface area (TPSA) is 115 Å². The molecule has 0 unspecified atom stereocenters. The first-order chi connectivity index (χ1) is 14.4. The van der Waals surface area contributed by atoms with Crippen LogP contribution in [-0.4, -0.2) is 23.0 Å². The number of thiazole rings is 1. The van der Waals surface area contributed by atoms with Gasteiger partial charge in [-0.2, -0.15) is 5.26 Å². The first kappa shape index (κ1) is 20.7.